The molecule has 1 aliphatic rings. The molecule has 8 heteroatoms. The van der Waals surface area contributed by atoms with Crippen LogP contribution in [0.15, 0.2) is 59.8 Å². The number of carbonyl (C=O) groups is 3. The third kappa shape index (κ3) is 4.33. The minimum Gasteiger partial charge on any atom is -0.466 e. The SMILES string of the molecule is CNC(=O)c1cccc(-c2ccc(NC3=C(C(=O)OC)CN(CCO)C3=O)cc2)c1. The maximum absolute atomic E-state index is 12.6. The molecule has 0 fully saturated rings. The number of aliphatic hydroxyl groups is 1. The summed E-state index contributed by atoms with van der Waals surface area (Å²) in [5, 5.41) is 14.7. The summed E-state index contributed by atoms with van der Waals surface area (Å²) in [6, 6.07) is 14.5. The number of nitrogens with one attached hydrogen (secondary N) is 2. The van der Waals surface area contributed by atoms with Crippen LogP contribution in [0, 0.1) is 0 Å². The van der Waals surface area contributed by atoms with Crippen molar-refractivity contribution in [2.75, 3.05) is 39.2 Å². The summed E-state index contributed by atoms with van der Waals surface area (Å²) in [6.45, 7) is 0.0151. The fraction of sp³-hybridized carbons (Fsp3) is 0.227. The number of hydrogen-bond acceptors (Lipinski definition) is 6. The number of rotatable bonds is 7. The Morgan fingerprint density at radius 3 is 2.50 bits per heavy atom. The van der Waals surface area contributed by atoms with Gasteiger partial charge in [0.15, 0.2) is 0 Å². The van der Waals surface area contributed by atoms with Gasteiger partial charge in [0.2, 0.25) is 0 Å². The number of ether oxygens (including phenoxy) is 1. The number of aliphatic hydroxyl groups excluding tert-OH is 1. The van der Waals surface area contributed by atoms with Gasteiger partial charge < -0.3 is 25.4 Å². The molecule has 2 aromatic carbocycles. The van der Waals surface area contributed by atoms with E-state index in [9.17, 15) is 14.4 Å². The summed E-state index contributed by atoms with van der Waals surface area (Å²) in [6.07, 6.45) is 0. The lowest BCUT2D eigenvalue weighted by atomic mass is 10.0. The number of carbonyl (C=O) groups excluding carboxylic acids is 3. The monoisotopic (exact) mass is 409 g/mol. The van der Waals surface area contributed by atoms with Crippen molar-refractivity contribution < 1.29 is 24.2 Å². The molecule has 0 aromatic heterocycles. The van der Waals surface area contributed by atoms with E-state index >= 15 is 0 Å². The molecule has 0 saturated carbocycles. The van der Waals surface area contributed by atoms with Crippen LogP contribution >= 0.6 is 0 Å². The second kappa shape index (κ2) is 9.23. The summed E-state index contributed by atoms with van der Waals surface area (Å²) < 4.78 is 4.78. The van der Waals surface area contributed by atoms with E-state index < -0.39 is 5.97 Å². The van der Waals surface area contributed by atoms with Crippen LogP contribution in [0.1, 0.15) is 10.4 Å². The van der Waals surface area contributed by atoms with E-state index in [2.05, 4.69) is 10.6 Å². The second-order valence-electron chi connectivity index (χ2n) is 6.66. The summed E-state index contributed by atoms with van der Waals surface area (Å²) in [4.78, 5) is 37.9. The third-order valence-corrected chi connectivity index (χ3v) is 4.79. The van der Waals surface area contributed by atoms with Gasteiger partial charge in [0.25, 0.3) is 11.8 Å². The highest BCUT2D eigenvalue weighted by molar-refractivity contribution is 6.08. The van der Waals surface area contributed by atoms with E-state index in [1.54, 1.807) is 31.3 Å². The van der Waals surface area contributed by atoms with Crippen molar-refractivity contribution in [3.63, 3.8) is 0 Å². The summed E-state index contributed by atoms with van der Waals surface area (Å²) >= 11 is 0. The molecule has 0 spiro atoms. The highest BCUT2D eigenvalue weighted by Gasteiger charge is 2.34. The molecule has 8 nitrogen and oxygen atoms in total. The normalized spacial score (nSPS) is 13.4. The number of nitrogens with zero attached hydrogens (tertiary/aromatic N) is 1. The summed E-state index contributed by atoms with van der Waals surface area (Å²) in [5.74, 6) is -1.12. The zero-order valence-electron chi connectivity index (χ0n) is 16.8. The lowest BCUT2D eigenvalue weighted by Crippen LogP contribution is -2.31. The Balaban J connectivity index is 1.83. The van der Waals surface area contributed by atoms with Crippen molar-refractivity contribution in [3.8, 4) is 11.1 Å². The molecule has 0 aliphatic carbocycles. The van der Waals surface area contributed by atoms with Gasteiger partial charge in [-0.2, -0.15) is 0 Å². The molecule has 1 aliphatic heterocycles. The van der Waals surface area contributed by atoms with E-state index in [0.29, 0.717) is 11.3 Å². The van der Waals surface area contributed by atoms with Crippen LogP contribution in [-0.4, -0.2) is 61.6 Å². The third-order valence-electron chi connectivity index (χ3n) is 4.79. The van der Waals surface area contributed by atoms with Crippen LogP contribution in [0.25, 0.3) is 11.1 Å². The molecule has 0 saturated heterocycles. The summed E-state index contributed by atoms with van der Waals surface area (Å²) in [5.41, 5.74) is 3.32. The van der Waals surface area contributed by atoms with Gasteiger partial charge in [-0.15, -0.1) is 0 Å². The Kier molecular flexibility index (Phi) is 6.48. The Labute approximate surface area is 174 Å². The fourth-order valence-corrected chi connectivity index (χ4v) is 3.22. The predicted octanol–water partition coefficient (Wildman–Crippen LogP) is 1.39. The number of β-amino-alcohol motifs (C(OH)–C–C–N with tert-alkyl or cyclic N) is 1. The first-order valence-corrected chi connectivity index (χ1v) is 9.39. The van der Waals surface area contributed by atoms with Gasteiger partial charge in [0.1, 0.15) is 5.70 Å². The largest absolute Gasteiger partial charge is 0.466 e. The number of esters is 1. The Morgan fingerprint density at radius 1 is 1.13 bits per heavy atom. The molecule has 0 unspecified atom stereocenters. The van der Waals surface area contributed by atoms with Gasteiger partial charge in [0.05, 0.1) is 25.8 Å². The predicted molar refractivity (Wildman–Crippen MR) is 112 cm³/mol. The molecular weight excluding hydrogens is 386 g/mol. The molecule has 3 N–H and O–H groups in total. The zero-order valence-corrected chi connectivity index (χ0v) is 16.8. The highest BCUT2D eigenvalue weighted by Crippen LogP contribution is 2.26. The molecule has 0 radical (unpaired) electrons. The number of hydrogen-bond donors (Lipinski definition) is 3. The van der Waals surface area contributed by atoms with E-state index in [-0.39, 0.29) is 42.8 Å². The first-order valence-electron chi connectivity index (χ1n) is 9.39. The lowest BCUT2D eigenvalue weighted by Gasteiger charge is -2.15. The maximum Gasteiger partial charge on any atom is 0.337 e. The van der Waals surface area contributed by atoms with Gasteiger partial charge in [-0.3, -0.25) is 9.59 Å². The molecule has 0 atom stereocenters. The minimum absolute atomic E-state index is 0.0821. The van der Waals surface area contributed by atoms with Crippen molar-refractivity contribution in [3.05, 3.63) is 65.4 Å². The lowest BCUT2D eigenvalue weighted by molar-refractivity contribution is -0.136. The van der Waals surface area contributed by atoms with Gasteiger partial charge in [-0.1, -0.05) is 24.3 Å². The topological polar surface area (TPSA) is 108 Å². The van der Waals surface area contributed by atoms with Crippen LogP contribution in [0.2, 0.25) is 0 Å². The number of amides is 2. The molecule has 2 aromatic rings. The number of methoxy groups -OCH3 is 1. The van der Waals surface area contributed by atoms with Gasteiger partial charge >= 0.3 is 5.97 Å². The fourth-order valence-electron chi connectivity index (χ4n) is 3.22. The molecule has 0 bridgehead atoms. The number of benzene rings is 2. The van der Waals surface area contributed by atoms with Crippen molar-refractivity contribution in [2.24, 2.45) is 0 Å². The van der Waals surface area contributed by atoms with E-state index in [1.165, 1.54) is 12.0 Å². The first kappa shape index (κ1) is 21.1. The van der Waals surface area contributed by atoms with E-state index in [4.69, 9.17) is 9.84 Å². The van der Waals surface area contributed by atoms with Crippen LogP contribution in [0.4, 0.5) is 5.69 Å². The van der Waals surface area contributed by atoms with Gasteiger partial charge in [-0.25, -0.2) is 4.79 Å². The Morgan fingerprint density at radius 2 is 1.87 bits per heavy atom. The minimum atomic E-state index is -0.589. The standard InChI is InChI=1S/C22H23N3O5/c1-23-20(27)16-5-3-4-15(12-16)14-6-8-17(9-7-14)24-19-18(22(29)30-2)13-25(10-11-26)21(19)28/h3-9,12,24,26H,10-11,13H2,1-2H3,(H,23,27). The molecule has 2 amide bonds. The molecular formula is C22H23N3O5. The zero-order chi connectivity index (χ0) is 21.7. The summed E-state index contributed by atoms with van der Waals surface area (Å²) in [7, 11) is 2.84. The second-order valence-corrected chi connectivity index (χ2v) is 6.66. The van der Waals surface area contributed by atoms with Crippen molar-refractivity contribution in [1.82, 2.24) is 10.2 Å². The van der Waals surface area contributed by atoms with Crippen LogP contribution in [-0.2, 0) is 14.3 Å². The van der Waals surface area contributed by atoms with Crippen LogP contribution in [0.5, 0.6) is 0 Å². The molecule has 1 heterocycles. The van der Waals surface area contributed by atoms with Crippen molar-refractivity contribution >= 4 is 23.5 Å². The maximum atomic E-state index is 12.6. The molecule has 30 heavy (non-hydrogen) atoms. The Hall–Kier alpha value is -3.65. The van der Waals surface area contributed by atoms with E-state index in [1.807, 2.05) is 24.3 Å². The first-order chi connectivity index (χ1) is 14.5. The van der Waals surface area contributed by atoms with Gasteiger partial charge in [-0.05, 0) is 35.4 Å². The van der Waals surface area contributed by atoms with Gasteiger partial charge in [0, 0.05) is 24.8 Å². The highest BCUT2D eigenvalue weighted by atomic mass is 16.5. The average molecular weight is 409 g/mol. The number of anilines is 1. The molecule has 156 valence electrons. The van der Waals surface area contributed by atoms with Crippen LogP contribution in [0.3, 0.4) is 0 Å². The average Bonchev–Trinajstić information content (AvgIpc) is 3.09. The molecule has 3 rings (SSSR count). The van der Waals surface area contributed by atoms with Crippen LogP contribution < -0.4 is 10.6 Å². The van der Waals surface area contributed by atoms with Crippen molar-refractivity contribution in [1.29, 1.82) is 0 Å². The quantitative estimate of drug-likeness (QED) is 0.597. The Bertz CT molecular complexity index is 998. The smallest absolute Gasteiger partial charge is 0.337 e. The van der Waals surface area contributed by atoms with E-state index in [0.717, 1.165) is 11.1 Å². The van der Waals surface area contributed by atoms with Crippen molar-refractivity contribution in [2.45, 2.75) is 0 Å².